The van der Waals surface area contributed by atoms with Gasteiger partial charge in [0.1, 0.15) is 11.6 Å². The summed E-state index contributed by atoms with van der Waals surface area (Å²) in [4.78, 5) is 21.6. The summed E-state index contributed by atoms with van der Waals surface area (Å²) in [6.45, 7) is 3.85. The summed E-state index contributed by atoms with van der Waals surface area (Å²) in [6.07, 6.45) is 1.76. The average Bonchev–Trinajstić information content (AvgIpc) is 3.38. The molecule has 0 unspecified atom stereocenters. The average molecular weight is 403 g/mol. The molecular weight excluding hydrogens is 382 g/mol. The van der Waals surface area contributed by atoms with E-state index in [0.29, 0.717) is 23.2 Å². The van der Waals surface area contributed by atoms with Gasteiger partial charge in [0, 0.05) is 11.8 Å². The highest BCUT2D eigenvalue weighted by Crippen LogP contribution is 2.21. The Balaban J connectivity index is 1.63. The van der Waals surface area contributed by atoms with Gasteiger partial charge in [0.15, 0.2) is 17.4 Å². The second kappa shape index (κ2) is 8.20. The van der Waals surface area contributed by atoms with Crippen molar-refractivity contribution in [1.82, 2.24) is 19.7 Å². The van der Waals surface area contributed by atoms with Crippen LogP contribution < -0.4 is 10.1 Å². The van der Waals surface area contributed by atoms with Gasteiger partial charge in [-0.1, -0.05) is 12.1 Å². The highest BCUT2D eigenvalue weighted by atomic mass is 16.5. The van der Waals surface area contributed by atoms with Crippen LogP contribution in [0.15, 0.2) is 59.2 Å². The van der Waals surface area contributed by atoms with Crippen molar-refractivity contribution in [2.45, 2.75) is 20.3 Å². The van der Waals surface area contributed by atoms with E-state index < -0.39 is 0 Å². The van der Waals surface area contributed by atoms with E-state index in [-0.39, 0.29) is 12.3 Å². The van der Waals surface area contributed by atoms with Crippen LogP contribution in [0, 0.1) is 13.8 Å². The minimum Gasteiger partial charge on any atom is -0.497 e. The molecule has 8 nitrogen and oxygen atoms in total. The first-order chi connectivity index (χ1) is 14.5. The summed E-state index contributed by atoms with van der Waals surface area (Å²) in [5.74, 6) is 2.34. The molecule has 3 aromatic heterocycles. The van der Waals surface area contributed by atoms with Gasteiger partial charge in [0.2, 0.25) is 5.91 Å². The van der Waals surface area contributed by atoms with E-state index in [4.69, 9.17) is 9.15 Å². The normalized spacial score (nSPS) is 10.8. The molecule has 152 valence electrons. The van der Waals surface area contributed by atoms with Gasteiger partial charge in [-0.25, -0.2) is 14.6 Å². The van der Waals surface area contributed by atoms with Crippen LogP contribution in [0.1, 0.15) is 17.0 Å². The van der Waals surface area contributed by atoms with Gasteiger partial charge in [0.05, 0.1) is 25.5 Å². The molecule has 1 N–H and O–H groups in total. The number of carbonyl (C=O) groups is 1. The summed E-state index contributed by atoms with van der Waals surface area (Å²) < 4.78 is 12.3. The van der Waals surface area contributed by atoms with E-state index in [2.05, 4.69) is 20.4 Å². The first-order valence-electron chi connectivity index (χ1n) is 9.41. The number of aryl methyl sites for hydroxylation is 2. The molecule has 0 aliphatic rings. The second-order valence-corrected chi connectivity index (χ2v) is 6.82. The lowest BCUT2D eigenvalue weighted by atomic mass is 10.1. The number of aromatic nitrogens is 4. The van der Waals surface area contributed by atoms with Crippen molar-refractivity contribution in [2.24, 2.45) is 0 Å². The van der Waals surface area contributed by atoms with Crippen molar-refractivity contribution in [3.63, 3.8) is 0 Å². The fourth-order valence-corrected chi connectivity index (χ4v) is 3.10. The zero-order valence-electron chi connectivity index (χ0n) is 16.9. The Kier molecular flexibility index (Phi) is 5.30. The molecule has 0 radical (unpaired) electrons. The summed E-state index contributed by atoms with van der Waals surface area (Å²) in [6, 6.07) is 14.5. The molecule has 1 aromatic carbocycles. The van der Waals surface area contributed by atoms with Gasteiger partial charge in [-0.3, -0.25) is 4.79 Å². The smallest absolute Gasteiger partial charge is 0.229 e. The van der Waals surface area contributed by atoms with Crippen LogP contribution in [-0.2, 0) is 11.2 Å². The maximum atomic E-state index is 12.6. The minimum atomic E-state index is -0.191. The van der Waals surface area contributed by atoms with E-state index in [0.717, 1.165) is 22.7 Å². The quantitative estimate of drug-likeness (QED) is 0.527. The number of methoxy groups -OCH3 is 1. The van der Waals surface area contributed by atoms with Crippen LogP contribution in [0.2, 0.25) is 0 Å². The Bertz CT molecular complexity index is 1160. The highest BCUT2D eigenvalue weighted by Gasteiger charge is 2.14. The number of nitrogens with one attached hydrogen (secondary N) is 1. The molecule has 0 saturated carbocycles. The molecule has 0 aliphatic carbocycles. The molecule has 4 aromatic rings. The maximum Gasteiger partial charge on any atom is 0.229 e. The largest absolute Gasteiger partial charge is 0.497 e. The third-order valence-electron chi connectivity index (χ3n) is 4.47. The van der Waals surface area contributed by atoms with E-state index in [1.54, 1.807) is 36.3 Å². The monoisotopic (exact) mass is 403 g/mol. The number of furan rings is 1. The molecule has 0 bridgehead atoms. The molecule has 0 saturated heterocycles. The van der Waals surface area contributed by atoms with Crippen LogP contribution in [0.5, 0.6) is 5.75 Å². The van der Waals surface area contributed by atoms with E-state index in [1.807, 2.05) is 44.2 Å². The van der Waals surface area contributed by atoms with Gasteiger partial charge in [-0.05, 0) is 49.7 Å². The molecule has 0 atom stereocenters. The van der Waals surface area contributed by atoms with Crippen LogP contribution in [0.25, 0.3) is 17.4 Å². The Morgan fingerprint density at radius 2 is 1.93 bits per heavy atom. The lowest BCUT2D eigenvalue weighted by Gasteiger charge is -2.10. The fraction of sp³-hybridized carbons (Fsp3) is 0.182. The minimum absolute atomic E-state index is 0.191. The van der Waals surface area contributed by atoms with E-state index in [1.165, 1.54) is 0 Å². The van der Waals surface area contributed by atoms with Gasteiger partial charge in [-0.15, -0.1) is 0 Å². The van der Waals surface area contributed by atoms with Crippen molar-refractivity contribution >= 4 is 11.7 Å². The number of nitrogens with zero attached hydrogens (tertiary/aromatic N) is 4. The Morgan fingerprint density at radius 3 is 2.57 bits per heavy atom. The number of anilines is 1. The number of ether oxygens (including phenoxy) is 1. The second-order valence-electron chi connectivity index (χ2n) is 6.82. The zero-order chi connectivity index (χ0) is 21.1. The topological polar surface area (TPSA) is 95.1 Å². The standard InChI is InChI=1S/C22H21N5O3/c1-14-11-15(2)27(26-14)20-13-19(24-22(25-20)18-5-4-10-30-18)23-21(28)12-16-6-8-17(29-3)9-7-16/h4-11,13H,12H2,1-3H3,(H,23,24,25,28). The molecule has 4 rings (SSSR count). The van der Waals surface area contributed by atoms with Crippen LogP contribution in [0.4, 0.5) is 5.82 Å². The predicted octanol–water partition coefficient (Wildman–Crippen LogP) is 3.73. The van der Waals surface area contributed by atoms with Crippen molar-refractivity contribution < 1.29 is 13.9 Å². The number of rotatable bonds is 6. The molecule has 0 aliphatic heterocycles. The molecule has 0 fully saturated rings. The summed E-state index contributed by atoms with van der Waals surface area (Å²) in [7, 11) is 1.60. The van der Waals surface area contributed by atoms with Crippen LogP contribution in [0.3, 0.4) is 0 Å². The van der Waals surface area contributed by atoms with Crippen molar-refractivity contribution in [3.8, 4) is 23.2 Å². The summed E-state index contributed by atoms with van der Waals surface area (Å²) in [5, 5.41) is 7.33. The van der Waals surface area contributed by atoms with Crippen molar-refractivity contribution in [2.75, 3.05) is 12.4 Å². The number of carbonyl (C=O) groups excluding carboxylic acids is 1. The molecule has 8 heteroatoms. The van der Waals surface area contributed by atoms with Gasteiger partial charge < -0.3 is 14.5 Å². The van der Waals surface area contributed by atoms with Crippen LogP contribution >= 0.6 is 0 Å². The first-order valence-corrected chi connectivity index (χ1v) is 9.41. The van der Waals surface area contributed by atoms with Gasteiger partial charge in [-0.2, -0.15) is 5.10 Å². The predicted molar refractivity (Wildman–Crippen MR) is 112 cm³/mol. The molecule has 3 heterocycles. The maximum absolute atomic E-state index is 12.6. The summed E-state index contributed by atoms with van der Waals surface area (Å²) in [5.41, 5.74) is 2.66. The zero-order valence-corrected chi connectivity index (χ0v) is 16.9. The molecule has 1 amide bonds. The number of amides is 1. The highest BCUT2D eigenvalue weighted by molar-refractivity contribution is 5.91. The Morgan fingerprint density at radius 1 is 1.13 bits per heavy atom. The number of hydrogen-bond donors (Lipinski definition) is 1. The molecular formula is C22H21N5O3. The van der Waals surface area contributed by atoms with Crippen molar-refractivity contribution in [1.29, 1.82) is 0 Å². The number of hydrogen-bond acceptors (Lipinski definition) is 6. The molecule has 30 heavy (non-hydrogen) atoms. The van der Waals surface area contributed by atoms with E-state index in [9.17, 15) is 4.79 Å². The van der Waals surface area contributed by atoms with Gasteiger partial charge in [0.25, 0.3) is 0 Å². The van der Waals surface area contributed by atoms with E-state index >= 15 is 0 Å². The SMILES string of the molecule is COc1ccc(CC(=O)Nc2cc(-n3nc(C)cc3C)nc(-c3ccco3)n2)cc1. The number of benzene rings is 1. The lowest BCUT2D eigenvalue weighted by molar-refractivity contribution is -0.115. The fourth-order valence-electron chi connectivity index (χ4n) is 3.10. The van der Waals surface area contributed by atoms with Crippen molar-refractivity contribution in [3.05, 3.63) is 71.7 Å². The third-order valence-corrected chi connectivity index (χ3v) is 4.47. The Labute approximate surface area is 173 Å². The lowest BCUT2D eigenvalue weighted by Crippen LogP contribution is -2.16. The summed E-state index contributed by atoms with van der Waals surface area (Å²) >= 11 is 0. The first kappa shape index (κ1) is 19.4. The Hall–Kier alpha value is -3.94. The third kappa shape index (κ3) is 4.22. The molecule has 0 spiro atoms. The van der Waals surface area contributed by atoms with Gasteiger partial charge >= 0.3 is 0 Å². The van der Waals surface area contributed by atoms with Crippen LogP contribution in [-0.4, -0.2) is 32.8 Å².